The summed E-state index contributed by atoms with van der Waals surface area (Å²) in [6, 6.07) is 8.41. The van der Waals surface area contributed by atoms with Crippen LogP contribution in [-0.2, 0) is 0 Å². The number of aliphatic hydroxyl groups excluding tert-OH is 1. The lowest BCUT2D eigenvalue weighted by Crippen LogP contribution is -2.28. The first kappa shape index (κ1) is 13.5. The average Bonchev–Trinajstić information content (AvgIpc) is 3.06. The Balaban J connectivity index is 1.62. The zero-order chi connectivity index (χ0) is 14.7. The van der Waals surface area contributed by atoms with Gasteiger partial charge in [0, 0.05) is 6.54 Å². The van der Waals surface area contributed by atoms with E-state index >= 15 is 0 Å². The van der Waals surface area contributed by atoms with Crippen LogP contribution in [-0.4, -0.2) is 30.8 Å². The summed E-state index contributed by atoms with van der Waals surface area (Å²) in [6.07, 6.45) is 0.589. The molecule has 1 aliphatic rings. The molecule has 0 radical (unpaired) electrons. The van der Waals surface area contributed by atoms with Crippen molar-refractivity contribution in [1.29, 1.82) is 0 Å². The smallest absolute Gasteiger partial charge is 0.287 e. The monoisotopic (exact) mass is 289 g/mol. The number of carbonyl (C=O) groups is 1. The number of nitrogens with one attached hydrogen (secondary N) is 1. The number of ether oxygens (including phenoxy) is 2. The lowest BCUT2D eigenvalue weighted by Gasteiger charge is -2.20. The van der Waals surface area contributed by atoms with Crippen molar-refractivity contribution in [1.82, 2.24) is 5.32 Å². The van der Waals surface area contributed by atoms with Crippen LogP contribution >= 0.6 is 0 Å². The van der Waals surface area contributed by atoms with Crippen LogP contribution < -0.4 is 14.8 Å². The molecule has 2 heterocycles. The van der Waals surface area contributed by atoms with E-state index in [1.165, 1.54) is 6.26 Å². The average molecular weight is 289 g/mol. The molecule has 2 N–H and O–H groups in total. The lowest BCUT2D eigenvalue weighted by molar-refractivity contribution is 0.0888. The highest BCUT2D eigenvalue weighted by molar-refractivity contribution is 5.91. The fourth-order valence-electron chi connectivity index (χ4n) is 2.07. The highest BCUT2D eigenvalue weighted by Gasteiger charge is 2.16. The normalized spacial score (nSPS) is 14.5. The molecule has 1 atom stereocenters. The molecule has 6 nitrogen and oxygen atoms in total. The van der Waals surface area contributed by atoms with Crippen molar-refractivity contribution in [3.63, 3.8) is 0 Å². The minimum Gasteiger partial charge on any atom is -0.486 e. The number of carbonyl (C=O) groups excluding carboxylic acids is 1. The maximum atomic E-state index is 11.7. The van der Waals surface area contributed by atoms with Crippen LogP contribution in [0.4, 0.5) is 0 Å². The van der Waals surface area contributed by atoms with Gasteiger partial charge in [0.1, 0.15) is 13.2 Å². The van der Waals surface area contributed by atoms with Gasteiger partial charge in [-0.3, -0.25) is 4.79 Å². The first-order valence-corrected chi connectivity index (χ1v) is 6.63. The summed E-state index contributed by atoms with van der Waals surface area (Å²) >= 11 is 0. The summed E-state index contributed by atoms with van der Waals surface area (Å²) in [4.78, 5) is 11.7. The van der Waals surface area contributed by atoms with Crippen LogP contribution in [0.25, 0.3) is 0 Å². The van der Waals surface area contributed by atoms with Gasteiger partial charge in [-0.25, -0.2) is 0 Å². The first-order valence-electron chi connectivity index (χ1n) is 6.63. The van der Waals surface area contributed by atoms with Crippen LogP contribution in [0, 0.1) is 0 Å². The van der Waals surface area contributed by atoms with Gasteiger partial charge in [0.05, 0.1) is 12.4 Å². The summed E-state index contributed by atoms with van der Waals surface area (Å²) in [5, 5.41) is 12.7. The second-order valence-corrected chi connectivity index (χ2v) is 4.61. The van der Waals surface area contributed by atoms with E-state index in [1.54, 1.807) is 30.3 Å². The molecular formula is C15H15NO5. The second kappa shape index (κ2) is 5.88. The Bertz CT molecular complexity index is 623. The van der Waals surface area contributed by atoms with Crippen LogP contribution in [0.1, 0.15) is 22.2 Å². The van der Waals surface area contributed by atoms with Gasteiger partial charge in [0.2, 0.25) is 0 Å². The Labute approximate surface area is 121 Å². The second-order valence-electron chi connectivity index (χ2n) is 4.61. The third-order valence-corrected chi connectivity index (χ3v) is 3.15. The number of rotatable bonds is 4. The molecule has 21 heavy (non-hydrogen) atoms. The fraction of sp³-hybridized carbons (Fsp3) is 0.267. The largest absolute Gasteiger partial charge is 0.486 e. The van der Waals surface area contributed by atoms with Gasteiger partial charge in [0.25, 0.3) is 5.91 Å². The van der Waals surface area contributed by atoms with E-state index in [9.17, 15) is 9.90 Å². The lowest BCUT2D eigenvalue weighted by atomic mass is 10.1. The number of aliphatic hydroxyl groups is 1. The number of hydrogen-bond acceptors (Lipinski definition) is 5. The summed E-state index contributed by atoms with van der Waals surface area (Å²) < 4.78 is 15.9. The Morgan fingerprint density at radius 1 is 1.24 bits per heavy atom. The van der Waals surface area contributed by atoms with Crippen molar-refractivity contribution < 1.29 is 23.8 Å². The molecule has 0 unspecified atom stereocenters. The van der Waals surface area contributed by atoms with Gasteiger partial charge in [-0.05, 0) is 29.8 Å². The minimum atomic E-state index is -0.834. The summed E-state index contributed by atoms with van der Waals surface area (Å²) in [6.45, 7) is 1.09. The molecule has 0 saturated carbocycles. The zero-order valence-electron chi connectivity index (χ0n) is 11.2. The number of amides is 1. The van der Waals surface area contributed by atoms with E-state index in [4.69, 9.17) is 13.9 Å². The Kier molecular flexibility index (Phi) is 3.79. The zero-order valence-corrected chi connectivity index (χ0v) is 11.2. The Morgan fingerprint density at radius 2 is 2.05 bits per heavy atom. The van der Waals surface area contributed by atoms with E-state index in [1.807, 2.05) is 0 Å². The van der Waals surface area contributed by atoms with Crippen LogP contribution in [0.2, 0.25) is 0 Å². The van der Waals surface area contributed by atoms with Gasteiger partial charge in [-0.2, -0.15) is 0 Å². The van der Waals surface area contributed by atoms with Gasteiger partial charge in [-0.15, -0.1) is 0 Å². The van der Waals surface area contributed by atoms with Crippen molar-refractivity contribution in [3.8, 4) is 11.5 Å². The molecule has 1 aromatic carbocycles. The van der Waals surface area contributed by atoms with Crippen LogP contribution in [0.3, 0.4) is 0 Å². The SMILES string of the molecule is O=C(NC[C@@H](O)c1ccc2c(c1)OCCO2)c1ccco1. The molecule has 2 aromatic rings. The highest BCUT2D eigenvalue weighted by Crippen LogP contribution is 2.32. The Morgan fingerprint density at radius 3 is 2.81 bits per heavy atom. The maximum Gasteiger partial charge on any atom is 0.287 e. The van der Waals surface area contributed by atoms with Crippen molar-refractivity contribution in [2.24, 2.45) is 0 Å². The van der Waals surface area contributed by atoms with Gasteiger partial charge in [-0.1, -0.05) is 6.07 Å². The van der Waals surface area contributed by atoms with Crippen LogP contribution in [0.15, 0.2) is 41.0 Å². The van der Waals surface area contributed by atoms with E-state index in [0.29, 0.717) is 30.3 Å². The van der Waals surface area contributed by atoms with Crippen molar-refractivity contribution in [2.45, 2.75) is 6.10 Å². The molecule has 0 bridgehead atoms. The van der Waals surface area contributed by atoms with Crippen molar-refractivity contribution >= 4 is 5.91 Å². The molecular weight excluding hydrogens is 274 g/mol. The minimum absolute atomic E-state index is 0.0825. The number of furan rings is 1. The highest BCUT2D eigenvalue weighted by atomic mass is 16.6. The molecule has 110 valence electrons. The Hall–Kier alpha value is -2.47. The van der Waals surface area contributed by atoms with Gasteiger partial charge >= 0.3 is 0 Å². The van der Waals surface area contributed by atoms with Crippen molar-refractivity contribution in [3.05, 3.63) is 47.9 Å². The summed E-state index contributed by atoms with van der Waals surface area (Å²) in [5.41, 5.74) is 0.652. The predicted octanol–water partition coefficient (Wildman–Crippen LogP) is 1.51. The summed E-state index contributed by atoms with van der Waals surface area (Å²) in [5.74, 6) is 1.12. The topological polar surface area (TPSA) is 80.9 Å². The molecule has 0 saturated heterocycles. The van der Waals surface area contributed by atoms with Gasteiger partial charge < -0.3 is 24.3 Å². The molecule has 0 fully saturated rings. The first-order chi connectivity index (χ1) is 10.2. The quantitative estimate of drug-likeness (QED) is 0.891. The predicted molar refractivity (Wildman–Crippen MR) is 73.4 cm³/mol. The van der Waals surface area contributed by atoms with E-state index < -0.39 is 6.10 Å². The van der Waals surface area contributed by atoms with E-state index in [0.717, 1.165) is 0 Å². The summed E-state index contributed by atoms with van der Waals surface area (Å²) in [7, 11) is 0. The molecule has 0 spiro atoms. The molecule has 1 aliphatic heterocycles. The standard InChI is InChI=1S/C15H15NO5/c17-11(9-16-15(18)13-2-1-5-19-13)10-3-4-12-14(8-10)21-7-6-20-12/h1-5,8,11,17H,6-7,9H2,(H,16,18)/t11-/m1/s1. The van der Waals surface area contributed by atoms with Crippen molar-refractivity contribution in [2.75, 3.05) is 19.8 Å². The molecule has 3 rings (SSSR count). The third-order valence-electron chi connectivity index (χ3n) is 3.15. The molecule has 0 aliphatic carbocycles. The third kappa shape index (κ3) is 3.00. The number of fused-ring (bicyclic) bond motifs is 1. The van der Waals surface area contributed by atoms with E-state index in [2.05, 4.69) is 5.32 Å². The molecule has 1 amide bonds. The fourth-order valence-corrected chi connectivity index (χ4v) is 2.07. The van der Waals surface area contributed by atoms with Crippen LogP contribution in [0.5, 0.6) is 11.5 Å². The number of benzene rings is 1. The molecule has 6 heteroatoms. The van der Waals surface area contributed by atoms with Gasteiger partial charge in [0.15, 0.2) is 17.3 Å². The maximum absolute atomic E-state index is 11.7. The van der Waals surface area contributed by atoms with E-state index in [-0.39, 0.29) is 18.2 Å². The number of hydrogen-bond donors (Lipinski definition) is 2. The molecule has 1 aromatic heterocycles.